The fourth-order valence-electron chi connectivity index (χ4n) is 2.72. The van der Waals surface area contributed by atoms with Gasteiger partial charge in [0.2, 0.25) is 0 Å². The Morgan fingerprint density at radius 2 is 2.00 bits per heavy atom. The van der Waals surface area contributed by atoms with E-state index in [4.69, 9.17) is 22.1 Å². The number of benzene rings is 1. The highest BCUT2D eigenvalue weighted by atomic mass is 35.5. The second-order valence-electron chi connectivity index (χ2n) is 6.62. The number of hydrogen-bond donors (Lipinski definition) is 4. The predicted molar refractivity (Wildman–Crippen MR) is 106 cm³/mol. The molecule has 0 saturated carbocycles. The van der Waals surface area contributed by atoms with Crippen LogP contribution >= 0.6 is 11.6 Å². The summed E-state index contributed by atoms with van der Waals surface area (Å²) in [6.07, 6.45) is 1.32. The maximum atomic E-state index is 12.6. The molecule has 1 atom stereocenters. The molecular formula is C19H24ClN3O5. The summed E-state index contributed by atoms with van der Waals surface area (Å²) in [5, 5.41) is 23.0. The van der Waals surface area contributed by atoms with E-state index < -0.39 is 23.7 Å². The van der Waals surface area contributed by atoms with Gasteiger partial charge < -0.3 is 26.0 Å². The Morgan fingerprint density at radius 3 is 2.61 bits per heavy atom. The number of carboxylic acids is 1. The zero-order chi connectivity index (χ0) is 20.8. The fourth-order valence-corrected chi connectivity index (χ4v) is 2.97. The molecule has 0 aliphatic rings. The van der Waals surface area contributed by atoms with Crippen molar-refractivity contribution >= 4 is 34.2 Å². The lowest BCUT2D eigenvalue weighted by molar-refractivity contribution is -0.139. The summed E-state index contributed by atoms with van der Waals surface area (Å²) >= 11 is 6.16. The van der Waals surface area contributed by atoms with Crippen LogP contribution in [0.5, 0.6) is 11.5 Å². The van der Waals surface area contributed by atoms with Gasteiger partial charge in [0.1, 0.15) is 16.9 Å². The van der Waals surface area contributed by atoms with E-state index in [1.54, 1.807) is 18.2 Å². The van der Waals surface area contributed by atoms with Gasteiger partial charge in [0.05, 0.1) is 6.10 Å². The van der Waals surface area contributed by atoms with Crippen molar-refractivity contribution in [2.75, 3.05) is 6.54 Å². The molecule has 1 aromatic carbocycles. The summed E-state index contributed by atoms with van der Waals surface area (Å²) in [6, 6.07) is 3.76. The van der Waals surface area contributed by atoms with E-state index in [0.29, 0.717) is 35.9 Å². The van der Waals surface area contributed by atoms with Crippen LogP contribution in [0.1, 0.15) is 43.6 Å². The van der Waals surface area contributed by atoms with Crippen molar-refractivity contribution in [1.82, 2.24) is 10.3 Å². The summed E-state index contributed by atoms with van der Waals surface area (Å²) in [5.74, 6) is -1.89. The number of carboxylic acid groups (broad SMARTS) is 1. The monoisotopic (exact) mass is 409 g/mol. The Balaban J connectivity index is 2.35. The largest absolute Gasteiger partial charge is 0.505 e. The Morgan fingerprint density at radius 1 is 1.29 bits per heavy atom. The normalized spacial score (nSPS) is 12.2. The topological polar surface area (TPSA) is 135 Å². The van der Waals surface area contributed by atoms with Crippen LogP contribution in [-0.2, 0) is 4.79 Å². The molecule has 1 heterocycles. The first kappa shape index (κ1) is 21.7. The van der Waals surface area contributed by atoms with E-state index >= 15 is 0 Å². The van der Waals surface area contributed by atoms with Crippen molar-refractivity contribution in [1.29, 1.82) is 0 Å². The van der Waals surface area contributed by atoms with Crippen LogP contribution in [0.2, 0.25) is 5.15 Å². The van der Waals surface area contributed by atoms with Gasteiger partial charge in [0.15, 0.2) is 11.4 Å². The van der Waals surface area contributed by atoms with Crippen LogP contribution in [0.25, 0.3) is 10.8 Å². The lowest BCUT2D eigenvalue weighted by Gasteiger charge is -2.16. The second-order valence-corrected chi connectivity index (χ2v) is 6.98. The Kier molecular flexibility index (Phi) is 7.42. The highest BCUT2D eigenvalue weighted by Crippen LogP contribution is 2.34. The van der Waals surface area contributed by atoms with Gasteiger partial charge in [-0.3, -0.25) is 4.79 Å². The van der Waals surface area contributed by atoms with Crippen molar-refractivity contribution in [3.63, 3.8) is 0 Å². The van der Waals surface area contributed by atoms with Crippen LogP contribution in [0.15, 0.2) is 18.2 Å². The number of unbranched alkanes of at least 4 members (excludes halogenated alkanes) is 1. The minimum Gasteiger partial charge on any atom is -0.505 e. The third-order valence-corrected chi connectivity index (χ3v) is 4.33. The molecule has 28 heavy (non-hydrogen) atoms. The SMILES string of the molecule is CC(C)Oc1ccc2c(Cl)nc(C(=O)N[C@@H](CCCCN)C(=O)O)c(O)c2c1. The molecule has 0 saturated heterocycles. The van der Waals surface area contributed by atoms with E-state index in [1.807, 2.05) is 13.8 Å². The van der Waals surface area contributed by atoms with Gasteiger partial charge in [-0.15, -0.1) is 0 Å². The van der Waals surface area contributed by atoms with Crippen LogP contribution in [-0.4, -0.2) is 45.8 Å². The van der Waals surface area contributed by atoms with Gasteiger partial charge in [0, 0.05) is 10.8 Å². The lowest BCUT2D eigenvalue weighted by atomic mass is 10.1. The van der Waals surface area contributed by atoms with Crippen molar-refractivity contribution < 1.29 is 24.5 Å². The van der Waals surface area contributed by atoms with Gasteiger partial charge >= 0.3 is 5.97 Å². The minimum atomic E-state index is -1.18. The third kappa shape index (κ3) is 5.24. The molecule has 0 unspecified atom stereocenters. The molecule has 8 nitrogen and oxygen atoms in total. The fraction of sp³-hybridized carbons (Fsp3) is 0.421. The highest BCUT2D eigenvalue weighted by Gasteiger charge is 2.24. The number of nitrogens with zero attached hydrogens (tertiary/aromatic N) is 1. The van der Waals surface area contributed by atoms with E-state index in [0.717, 1.165) is 0 Å². The zero-order valence-corrected chi connectivity index (χ0v) is 16.5. The molecule has 0 fully saturated rings. The molecule has 0 aliphatic carbocycles. The Bertz CT molecular complexity index is 872. The van der Waals surface area contributed by atoms with E-state index in [9.17, 15) is 19.8 Å². The zero-order valence-electron chi connectivity index (χ0n) is 15.7. The molecule has 1 aromatic heterocycles. The molecule has 0 bridgehead atoms. The van der Waals surface area contributed by atoms with Crippen molar-refractivity contribution in [3.05, 3.63) is 29.0 Å². The standard InChI is InChI=1S/C19H24ClN3O5/c1-10(2)28-11-6-7-12-13(9-11)16(24)15(23-17(12)20)18(25)22-14(19(26)27)5-3-4-8-21/h6-7,9-10,14,24H,3-5,8,21H2,1-2H3,(H,22,25)(H,26,27)/t14-/m0/s1. The summed E-state index contributed by atoms with van der Waals surface area (Å²) in [6.45, 7) is 4.15. The molecule has 0 spiro atoms. The first-order valence-corrected chi connectivity index (χ1v) is 9.35. The van der Waals surface area contributed by atoms with Gasteiger partial charge in [-0.2, -0.15) is 0 Å². The number of nitrogens with two attached hydrogens (primary N) is 1. The molecule has 1 amide bonds. The smallest absolute Gasteiger partial charge is 0.326 e. The van der Waals surface area contributed by atoms with Crippen LogP contribution < -0.4 is 15.8 Å². The summed E-state index contributed by atoms with van der Waals surface area (Å²) in [7, 11) is 0. The molecule has 2 rings (SSSR count). The molecule has 0 aliphatic heterocycles. The third-order valence-electron chi connectivity index (χ3n) is 4.04. The van der Waals surface area contributed by atoms with Gasteiger partial charge in [-0.05, 0) is 57.9 Å². The number of carbonyl (C=O) groups excluding carboxylic acids is 1. The van der Waals surface area contributed by atoms with Gasteiger partial charge in [-0.25, -0.2) is 9.78 Å². The number of aliphatic carboxylic acids is 1. The molecule has 0 radical (unpaired) electrons. The Hall–Kier alpha value is -2.58. The summed E-state index contributed by atoms with van der Waals surface area (Å²) < 4.78 is 5.61. The number of hydrogen-bond acceptors (Lipinski definition) is 6. The van der Waals surface area contributed by atoms with Gasteiger partial charge in [0.25, 0.3) is 5.91 Å². The summed E-state index contributed by atoms with van der Waals surface area (Å²) in [5.41, 5.74) is 5.07. The number of fused-ring (bicyclic) bond motifs is 1. The van der Waals surface area contributed by atoms with Crippen LogP contribution in [0.3, 0.4) is 0 Å². The number of pyridine rings is 1. The van der Waals surface area contributed by atoms with E-state index in [-0.39, 0.29) is 23.4 Å². The molecule has 152 valence electrons. The quantitative estimate of drug-likeness (QED) is 0.369. The van der Waals surface area contributed by atoms with E-state index in [1.165, 1.54) is 0 Å². The number of rotatable bonds is 9. The maximum Gasteiger partial charge on any atom is 0.326 e. The number of amides is 1. The van der Waals surface area contributed by atoms with Crippen molar-refractivity contribution in [3.8, 4) is 11.5 Å². The Labute approximate surface area is 167 Å². The maximum absolute atomic E-state index is 12.6. The predicted octanol–water partition coefficient (Wildman–Crippen LogP) is 2.69. The first-order chi connectivity index (χ1) is 13.2. The number of nitrogens with one attached hydrogen (secondary N) is 1. The average Bonchev–Trinajstić information content (AvgIpc) is 2.63. The summed E-state index contributed by atoms with van der Waals surface area (Å²) in [4.78, 5) is 27.9. The minimum absolute atomic E-state index is 0.0176. The number of halogens is 1. The van der Waals surface area contributed by atoms with Gasteiger partial charge in [-0.1, -0.05) is 11.6 Å². The highest BCUT2D eigenvalue weighted by molar-refractivity contribution is 6.35. The number of carbonyl (C=O) groups is 2. The average molecular weight is 410 g/mol. The molecule has 2 aromatic rings. The number of ether oxygens (including phenoxy) is 1. The molecule has 9 heteroatoms. The first-order valence-electron chi connectivity index (χ1n) is 8.97. The van der Waals surface area contributed by atoms with Crippen molar-refractivity contribution in [2.24, 2.45) is 5.73 Å². The number of aromatic nitrogens is 1. The molecule has 5 N–H and O–H groups in total. The van der Waals surface area contributed by atoms with Crippen LogP contribution in [0.4, 0.5) is 0 Å². The molecular weight excluding hydrogens is 386 g/mol. The lowest BCUT2D eigenvalue weighted by Crippen LogP contribution is -2.41. The van der Waals surface area contributed by atoms with Crippen molar-refractivity contribution in [2.45, 2.75) is 45.3 Å². The number of aromatic hydroxyl groups is 1. The van der Waals surface area contributed by atoms with Crippen LogP contribution in [0, 0.1) is 0 Å². The van der Waals surface area contributed by atoms with E-state index in [2.05, 4.69) is 10.3 Å². The second kappa shape index (κ2) is 9.57.